The largest absolute Gasteiger partial charge is 0.489 e. The lowest BCUT2D eigenvalue weighted by atomic mass is 9.68. The molecule has 9 rings (SSSR count). The van der Waals surface area contributed by atoms with Gasteiger partial charge in [0, 0.05) is 36.1 Å². The van der Waals surface area contributed by atoms with E-state index >= 15 is 4.79 Å². The molecule has 7 heteroatoms. The molecule has 2 aliphatic rings. The number of hydrogen-bond acceptors (Lipinski definition) is 6. The summed E-state index contributed by atoms with van der Waals surface area (Å²) < 4.78 is 19.7. The molecule has 0 spiro atoms. The third kappa shape index (κ3) is 7.90. The number of hydrogen-bond donors (Lipinski definition) is 1. The first-order valence-corrected chi connectivity index (χ1v) is 20.7. The minimum Gasteiger partial charge on any atom is -0.489 e. The molecule has 7 aromatic carbocycles. The predicted octanol–water partition coefficient (Wildman–Crippen LogP) is 11.5. The van der Waals surface area contributed by atoms with Gasteiger partial charge in [-0.05, 0) is 70.6 Å². The number of Topliss-reactive ketones (excluding diaryl/α,β-unsaturated/α-hetero) is 1. The number of nitrogens with zero attached hydrogens (tertiary/aromatic N) is 1. The molecule has 1 heterocycles. The normalized spacial score (nSPS) is 17.0. The van der Waals surface area contributed by atoms with Crippen LogP contribution in [0.3, 0.4) is 0 Å². The molecule has 1 aliphatic heterocycles. The standard InChI is InChI=1S/C54H46N2O5/c1-38(57)56-49-29-14-13-28-47(49)55-48-32-42(45-26-11-15-30-51(45)60-36-40-20-7-3-8-21-40)33-50(58)53(48)54(56,43-24-17-25-44(34-43)59-35-39-18-5-2-6-19-39)46-27-12-16-31-52(46)61-37-41-22-9-4-10-23-41/h2-31,34,42,55H,32-33,35-37H2,1H3. The molecule has 1 N–H and O–H groups in total. The zero-order valence-corrected chi connectivity index (χ0v) is 34.0. The average molecular weight is 803 g/mol. The number of benzene rings is 7. The summed E-state index contributed by atoms with van der Waals surface area (Å²) in [7, 11) is 0. The first kappa shape index (κ1) is 39.1. The van der Waals surface area contributed by atoms with E-state index in [4.69, 9.17) is 14.2 Å². The van der Waals surface area contributed by atoms with Gasteiger partial charge in [-0.2, -0.15) is 0 Å². The van der Waals surface area contributed by atoms with Crippen LogP contribution in [0.15, 0.2) is 199 Å². The lowest BCUT2D eigenvalue weighted by Gasteiger charge is -2.47. The van der Waals surface area contributed by atoms with E-state index in [1.54, 1.807) is 11.8 Å². The van der Waals surface area contributed by atoms with Crippen molar-refractivity contribution in [2.45, 2.75) is 51.0 Å². The monoisotopic (exact) mass is 802 g/mol. The van der Waals surface area contributed by atoms with Gasteiger partial charge in [-0.15, -0.1) is 0 Å². The molecular weight excluding hydrogens is 757 g/mol. The zero-order chi connectivity index (χ0) is 41.6. The van der Waals surface area contributed by atoms with E-state index in [0.717, 1.165) is 33.7 Å². The van der Waals surface area contributed by atoms with Crippen LogP contribution >= 0.6 is 0 Å². The fourth-order valence-corrected chi connectivity index (χ4v) is 8.85. The van der Waals surface area contributed by atoms with Crippen LogP contribution in [0.5, 0.6) is 17.2 Å². The number of para-hydroxylation sites is 4. The molecule has 0 fully saturated rings. The maximum absolute atomic E-state index is 15.7. The fraction of sp³-hybridized carbons (Fsp3) is 0.148. The van der Waals surface area contributed by atoms with Crippen molar-refractivity contribution in [3.05, 3.63) is 233 Å². The Balaban J connectivity index is 1.25. The van der Waals surface area contributed by atoms with Crippen molar-refractivity contribution in [2.75, 3.05) is 10.2 Å². The molecule has 0 radical (unpaired) electrons. The van der Waals surface area contributed by atoms with Crippen molar-refractivity contribution in [1.82, 2.24) is 0 Å². The second-order valence-electron chi connectivity index (χ2n) is 15.5. The Morgan fingerprint density at radius 2 is 1.16 bits per heavy atom. The van der Waals surface area contributed by atoms with Crippen LogP contribution in [0.25, 0.3) is 0 Å². The first-order valence-electron chi connectivity index (χ1n) is 20.7. The van der Waals surface area contributed by atoms with E-state index in [-0.39, 0.29) is 30.6 Å². The molecule has 0 aromatic heterocycles. The SMILES string of the molecule is CC(=O)N1c2ccccc2NC2=C(C(=O)CC(c3ccccc3OCc3ccccc3)C2)C1(c1cccc(OCc2ccccc2)c1)c1ccccc1OCc1ccccc1. The lowest BCUT2D eigenvalue weighted by Crippen LogP contribution is -2.53. The van der Waals surface area contributed by atoms with Crippen molar-refractivity contribution < 1.29 is 23.8 Å². The van der Waals surface area contributed by atoms with Crippen LogP contribution in [-0.2, 0) is 34.9 Å². The Labute approximate surface area is 356 Å². The molecule has 1 amide bonds. The van der Waals surface area contributed by atoms with E-state index in [0.29, 0.717) is 59.2 Å². The van der Waals surface area contributed by atoms with E-state index in [1.807, 2.05) is 182 Å². The van der Waals surface area contributed by atoms with Crippen LogP contribution in [0, 0.1) is 0 Å². The van der Waals surface area contributed by atoms with Gasteiger partial charge < -0.3 is 19.5 Å². The number of carbonyl (C=O) groups excluding carboxylic acids is 2. The number of ether oxygens (including phenoxy) is 3. The summed E-state index contributed by atoms with van der Waals surface area (Å²) in [5, 5.41) is 3.74. The number of rotatable bonds is 12. The van der Waals surface area contributed by atoms with Crippen molar-refractivity contribution in [1.29, 1.82) is 0 Å². The highest BCUT2D eigenvalue weighted by atomic mass is 16.5. The summed E-state index contributed by atoms with van der Waals surface area (Å²) in [5.41, 5.74) is 6.41. The number of carbonyl (C=O) groups is 2. The maximum Gasteiger partial charge on any atom is 0.225 e. The molecule has 0 saturated heterocycles. The Bertz CT molecular complexity index is 2700. The highest BCUT2D eigenvalue weighted by Gasteiger charge is 2.54. The predicted molar refractivity (Wildman–Crippen MR) is 240 cm³/mol. The third-order valence-electron chi connectivity index (χ3n) is 11.5. The number of ketones is 1. The quantitative estimate of drug-likeness (QED) is 0.133. The van der Waals surface area contributed by atoms with Crippen molar-refractivity contribution in [3.8, 4) is 17.2 Å². The van der Waals surface area contributed by atoms with Crippen molar-refractivity contribution in [3.63, 3.8) is 0 Å². The number of anilines is 2. The second kappa shape index (κ2) is 17.5. The van der Waals surface area contributed by atoms with Crippen molar-refractivity contribution in [2.24, 2.45) is 0 Å². The molecule has 2 atom stereocenters. The van der Waals surface area contributed by atoms with Crippen molar-refractivity contribution >= 4 is 23.1 Å². The molecule has 7 aromatic rings. The Morgan fingerprint density at radius 1 is 0.607 bits per heavy atom. The number of allylic oxidation sites excluding steroid dienone is 1. The number of fused-ring (bicyclic) bond motifs is 1. The molecule has 2 unspecified atom stereocenters. The molecule has 61 heavy (non-hydrogen) atoms. The average Bonchev–Trinajstić information content (AvgIpc) is 3.44. The van der Waals surface area contributed by atoms with E-state index < -0.39 is 5.54 Å². The highest BCUT2D eigenvalue weighted by molar-refractivity contribution is 6.09. The van der Waals surface area contributed by atoms with E-state index in [9.17, 15) is 4.79 Å². The van der Waals surface area contributed by atoms with Gasteiger partial charge in [0.05, 0.1) is 11.4 Å². The summed E-state index contributed by atoms with van der Waals surface area (Å²) in [6.07, 6.45) is 0.666. The maximum atomic E-state index is 15.7. The molecule has 302 valence electrons. The molecule has 0 bridgehead atoms. The van der Waals surface area contributed by atoms with Crippen LogP contribution in [0.4, 0.5) is 11.4 Å². The van der Waals surface area contributed by atoms with Crippen LogP contribution in [0.2, 0.25) is 0 Å². The van der Waals surface area contributed by atoms with Crippen LogP contribution in [-0.4, -0.2) is 11.7 Å². The number of nitrogens with one attached hydrogen (secondary N) is 1. The minimum absolute atomic E-state index is 0.0934. The molecule has 7 nitrogen and oxygen atoms in total. The Morgan fingerprint density at radius 3 is 1.84 bits per heavy atom. The van der Waals surface area contributed by atoms with Gasteiger partial charge in [0.15, 0.2) is 5.78 Å². The zero-order valence-electron chi connectivity index (χ0n) is 34.0. The lowest BCUT2D eigenvalue weighted by molar-refractivity contribution is -0.118. The van der Waals surface area contributed by atoms with Gasteiger partial charge in [-0.25, -0.2) is 0 Å². The third-order valence-corrected chi connectivity index (χ3v) is 11.5. The minimum atomic E-state index is -1.51. The summed E-state index contributed by atoms with van der Waals surface area (Å²) in [5.74, 6) is 1.33. The summed E-state index contributed by atoms with van der Waals surface area (Å²) in [6.45, 7) is 2.59. The van der Waals surface area contributed by atoms with Gasteiger partial charge in [0.1, 0.15) is 42.6 Å². The Hall–Kier alpha value is -7.38. The fourth-order valence-electron chi connectivity index (χ4n) is 8.85. The van der Waals surface area contributed by atoms with Gasteiger partial charge in [-0.3, -0.25) is 14.5 Å². The van der Waals surface area contributed by atoms with Crippen LogP contribution < -0.4 is 24.4 Å². The molecular formula is C54H46N2O5. The summed E-state index contributed by atoms with van der Waals surface area (Å²) >= 11 is 0. The van der Waals surface area contributed by atoms with Crippen LogP contribution in [0.1, 0.15) is 59.1 Å². The summed E-state index contributed by atoms with van der Waals surface area (Å²) in [4.78, 5) is 32.2. The van der Waals surface area contributed by atoms with Gasteiger partial charge in [0.2, 0.25) is 5.91 Å². The smallest absolute Gasteiger partial charge is 0.225 e. The first-order chi connectivity index (χ1) is 30.0. The number of amides is 1. The van der Waals surface area contributed by atoms with Gasteiger partial charge in [-0.1, -0.05) is 152 Å². The topological polar surface area (TPSA) is 77.1 Å². The van der Waals surface area contributed by atoms with Gasteiger partial charge in [0.25, 0.3) is 0 Å². The Kier molecular flexibility index (Phi) is 11.2. The van der Waals surface area contributed by atoms with E-state index in [1.165, 1.54) is 0 Å². The molecule has 1 aliphatic carbocycles. The second-order valence-corrected chi connectivity index (χ2v) is 15.5. The summed E-state index contributed by atoms with van der Waals surface area (Å²) in [6, 6.07) is 61.4. The highest BCUT2D eigenvalue weighted by Crippen LogP contribution is 2.56. The van der Waals surface area contributed by atoms with E-state index in [2.05, 4.69) is 11.4 Å². The molecule has 0 saturated carbocycles. The van der Waals surface area contributed by atoms with Gasteiger partial charge >= 0.3 is 0 Å².